The highest BCUT2D eigenvalue weighted by molar-refractivity contribution is 5.87. The van der Waals surface area contributed by atoms with E-state index in [-0.39, 0.29) is 5.91 Å². The van der Waals surface area contributed by atoms with Crippen LogP contribution >= 0.6 is 0 Å². The van der Waals surface area contributed by atoms with E-state index in [4.69, 9.17) is 5.26 Å². The number of nitrogens with one attached hydrogen (secondary N) is 2. The van der Waals surface area contributed by atoms with Gasteiger partial charge in [-0.2, -0.15) is 5.26 Å². The van der Waals surface area contributed by atoms with Crippen molar-refractivity contribution in [3.05, 3.63) is 18.1 Å². The van der Waals surface area contributed by atoms with Crippen molar-refractivity contribution in [1.29, 1.82) is 5.26 Å². The number of carbonyl (C=O) groups excluding carboxylic acids is 1. The number of anilines is 1. The fourth-order valence-corrected chi connectivity index (χ4v) is 4.30. The first-order chi connectivity index (χ1) is 12.1. The Morgan fingerprint density at radius 3 is 2.88 bits per heavy atom. The molecule has 1 unspecified atom stereocenters. The Labute approximate surface area is 146 Å². The topological polar surface area (TPSA) is 97.7 Å². The van der Waals surface area contributed by atoms with Crippen LogP contribution in [-0.2, 0) is 4.79 Å². The van der Waals surface area contributed by atoms with Crippen LogP contribution in [0.4, 0.5) is 5.82 Å². The molecule has 0 bridgehead atoms. The highest BCUT2D eigenvalue weighted by Gasteiger charge is 2.42. The standard InChI is InChI=1S/C18H22N6O/c1-11-21-17-15(4-6-20-17)18(22-11)23-14-7-12-9-24(10-13(12)8-14)16(25)3-2-5-19/h4,6,12-14H,2-3,7-10H2,1H3,(H2,20,21,22,23)/t12-,13+,14?. The molecule has 7 heteroatoms. The minimum Gasteiger partial charge on any atom is -0.367 e. The molecule has 1 aliphatic heterocycles. The van der Waals surface area contributed by atoms with Crippen molar-refractivity contribution in [2.45, 2.75) is 38.6 Å². The van der Waals surface area contributed by atoms with Gasteiger partial charge in [0.25, 0.3) is 0 Å². The van der Waals surface area contributed by atoms with Crippen molar-refractivity contribution in [1.82, 2.24) is 19.9 Å². The molecule has 0 aromatic carbocycles. The van der Waals surface area contributed by atoms with Gasteiger partial charge in [-0.15, -0.1) is 0 Å². The van der Waals surface area contributed by atoms with Crippen LogP contribution in [0.3, 0.4) is 0 Å². The molecule has 1 aliphatic carbocycles. The number of amides is 1. The van der Waals surface area contributed by atoms with Crippen molar-refractivity contribution in [3.8, 4) is 6.07 Å². The monoisotopic (exact) mass is 338 g/mol. The maximum absolute atomic E-state index is 12.1. The van der Waals surface area contributed by atoms with E-state index in [2.05, 4.69) is 26.3 Å². The van der Waals surface area contributed by atoms with Gasteiger partial charge in [-0.1, -0.05) is 0 Å². The number of nitriles is 1. The third kappa shape index (κ3) is 3.04. The first kappa shape index (κ1) is 15.9. The molecule has 1 amide bonds. The highest BCUT2D eigenvalue weighted by atomic mass is 16.2. The first-order valence-electron chi connectivity index (χ1n) is 8.87. The second kappa shape index (κ2) is 6.36. The number of rotatable bonds is 4. The number of carbonyl (C=O) groups is 1. The minimum atomic E-state index is 0.126. The Morgan fingerprint density at radius 1 is 1.40 bits per heavy atom. The van der Waals surface area contributed by atoms with E-state index >= 15 is 0 Å². The Balaban J connectivity index is 1.39. The van der Waals surface area contributed by atoms with E-state index in [0.717, 1.165) is 48.6 Å². The number of nitrogens with zero attached hydrogens (tertiary/aromatic N) is 4. The average molecular weight is 338 g/mol. The van der Waals surface area contributed by atoms with E-state index < -0.39 is 0 Å². The van der Waals surface area contributed by atoms with E-state index in [1.54, 1.807) is 0 Å². The molecule has 2 aromatic rings. The molecular weight excluding hydrogens is 316 g/mol. The number of aromatic amines is 1. The molecular formula is C18H22N6O. The SMILES string of the molecule is Cc1nc(NC2C[C@@H]3CN(C(=O)CCC#N)C[C@@H]3C2)c2cc[nH]c2n1. The normalized spacial score (nSPS) is 25.1. The van der Waals surface area contributed by atoms with Gasteiger partial charge in [0.05, 0.1) is 11.5 Å². The van der Waals surface area contributed by atoms with E-state index in [9.17, 15) is 4.79 Å². The average Bonchev–Trinajstić information content (AvgIpc) is 3.26. The van der Waals surface area contributed by atoms with Crippen LogP contribution in [0.1, 0.15) is 31.5 Å². The number of aryl methyl sites for hydroxylation is 1. The summed E-state index contributed by atoms with van der Waals surface area (Å²) in [5.41, 5.74) is 0.863. The van der Waals surface area contributed by atoms with E-state index in [0.29, 0.717) is 30.7 Å². The van der Waals surface area contributed by atoms with Gasteiger partial charge in [-0.3, -0.25) is 4.79 Å². The van der Waals surface area contributed by atoms with Crippen LogP contribution in [0, 0.1) is 30.1 Å². The first-order valence-corrected chi connectivity index (χ1v) is 8.87. The lowest BCUT2D eigenvalue weighted by atomic mass is 10.0. The van der Waals surface area contributed by atoms with Crippen molar-refractivity contribution >= 4 is 22.8 Å². The lowest BCUT2D eigenvalue weighted by Gasteiger charge is -2.20. The predicted molar refractivity (Wildman–Crippen MR) is 93.7 cm³/mol. The Bertz CT molecular complexity index is 824. The zero-order chi connectivity index (χ0) is 17.4. The molecule has 130 valence electrons. The Morgan fingerprint density at radius 2 is 2.16 bits per heavy atom. The largest absolute Gasteiger partial charge is 0.367 e. The molecule has 1 saturated carbocycles. The predicted octanol–water partition coefficient (Wildman–Crippen LogP) is 2.22. The Kier molecular flexibility index (Phi) is 4.04. The maximum atomic E-state index is 12.1. The summed E-state index contributed by atoms with van der Waals surface area (Å²) < 4.78 is 0. The number of fused-ring (bicyclic) bond motifs is 2. The van der Waals surface area contributed by atoms with E-state index in [1.807, 2.05) is 24.1 Å². The van der Waals surface area contributed by atoms with Gasteiger partial charge in [0.1, 0.15) is 17.3 Å². The zero-order valence-electron chi connectivity index (χ0n) is 14.3. The third-order valence-electron chi connectivity index (χ3n) is 5.42. The molecule has 25 heavy (non-hydrogen) atoms. The molecule has 3 atom stereocenters. The molecule has 3 heterocycles. The van der Waals surface area contributed by atoms with Crippen LogP contribution in [0.25, 0.3) is 11.0 Å². The van der Waals surface area contributed by atoms with Crippen molar-refractivity contribution < 1.29 is 4.79 Å². The number of hydrogen-bond donors (Lipinski definition) is 2. The fourth-order valence-electron chi connectivity index (χ4n) is 4.30. The minimum absolute atomic E-state index is 0.126. The second-order valence-electron chi connectivity index (χ2n) is 7.15. The fraction of sp³-hybridized carbons (Fsp3) is 0.556. The van der Waals surface area contributed by atoms with Gasteiger partial charge in [0, 0.05) is 38.2 Å². The van der Waals surface area contributed by atoms with E-state index in [1.165, 1.54) is 0 Å². The Hall–Kier alpha value is -2.62. The van der Waals surface area contributed by atoms with Crippen LogP contribution in [-0.4, -0.2) is 44.9 Å². The summed E-state index contributed by atoms with van der Waals surface area (Å²) in [6, 6.07) is 4.44. The molecule has 7 nitrogen and oxygen atoms in total. The van der Waals surface area contributed by atoms with Gasteiger partial charge in [-0.05, 0) is 37.7 Å². The number of H-pyrrole nitrogens is 1. The van der Waals surface area contributed by atoms with Gasteiger partial charge in [0.15, 0.2) is 0 Å². The van der Waals surface area contributed by atoms with Crippen LogP contribution in [0.15, 0.2) is 12.3 Å². The summed E-state index contributed by atoms with van der Waals surface area (Å²) in [7, 11) is 0. The second-order valence-corrected chi connectivity index (χ2v) is 7.15. The van der Waals surface area contributed by atoms with Gasteiger partial charge >= 0.3 is 0 Å². The molecule has 2 aliphatic rings. The summed E-state index contributed by atoms with van der Waals surface area (Å²) >= 11 is 0. The molecule has 2 aromatic heterocycles. The maximum Gasteiger partial charge on any atom is 0.223 e. The lowest BCUT2D eigenvalue weighted by Crippen LogP contribution is -2.31. The summed E-state index contributed by atoms with van der Waals surface area (Å²) in [5, 5.41) is 13.3. The molecule has 0 spiro atoms. The quantitative estimate of drug-likeness (QED) is 0.891. The summed E-state index contributed by atoms with van der Waals surface area (Å²) in [6.07, 6.45) is 4.67. The molecule has 1 saturated heterocycles. The smallest absolute Gasteiger partial charge is 0.223 e. The summed E-state index contributed by atoms with van der Waals surface area (Å²) in [4.78, 5) is 26.2. The van der Waals surface area contributed by atoms with Crippen molar-refractivity contribution in [3.63, 3.8) is 0 Å². The summed E-state index contributed by atoms with van der Waals surface area (Å²) in [5.74, 6) is 2.88. The van der Waals surface area contributed by atoms with Gasteiger partial charge in [0.2, 0.25) is 5.91 Å². The third-order valence-corrected chi connectivity index (χ3v) is 5.42. The van der Waals surface area contributed by atoms with Gasteiger partial charge in [-0.25, -0.2) is 9.97 Å². The van der Waals surface area contributed by atoms with Crippen LogP contribution in [0.5, 0.6) is 0 Å². The number of hydrogen-bond acceptors (Lipinski definition) is 5. The van der Waals surface area contributed by atoms with Crippen LogP contribution in [0.2, 0.25) is 0 Å². The molecule has 2 fully saturated rings. The van der Waals surface area contributed by atoms with Crippen molar-refractivity contribution in [2.24, 2.45) is 11.8 Å². The molecule has 4 rings (SSSR count). The molecule has 0 radical (unpaired) electrons. The number of aromatic nitrogens is 3. The van der Waals surface area contributed by atoms with Crippen LogP contribution < -0.4 is 5.32 Å². The zero-order valence-corrected chi connectivity index (χ0v) is 14.3. The molecule has 2 N–H and O–H groups in total. The number of likely N-dealkylation sites (tertiary alicyclic amines) is 1. The lowest BCUT2D eigenvalue weighted by molar-refractivity contribution is -0.130. The summed E-state index contributed by atoms with van der Waals surface area (Å²) in [6.45, 7) is 3.56. The van der Waals surface area contributed by atoms with Crippen molar-refractivity contribution in [2.75, 3.05) is 18.4 Å². The highest BCUT2D eigenvalue weighted by Crippen LogP contribution is 2.39. The van der Waals surface area contributed by atoms with Gasteiger partial charge < -0.3 is 15.2 Å².